The molecule has 0 saturated carbocycles. The largest absolute Gasteiger partial charge is 0.441 e. The lowest BCUT2D eigenvalue weighted by Gasteiger charge is -2.46. The molecule has 150 valence electrons. The van der Waals surface area contributed by atoms with Crippen LogP contribution >= 0.6 is 0 Å². The second kappa shape index (κ2) is 7.29. The van der Waals surface area contributed by atoms with E-state index in [9.17, 15) is 14.3 Å². The Hall–Kier alpha value is -2.25. The number of hydrogen-bond donors (Lipinski definition) is 1. The highest BCUT2D eigenvalue weighted by atomic mass is 19.1. The van der Waals surface area contributed by atoms with Gasteiger partial charge in [-0.05, 0) is 51.4 Å². The van der Waals surface area contributed by atoms with Crippen LogP contribution in [0.2, 0.25) is 0 Å². The molecule has 1 unspecified atom stereocenters. The van der Waals surface area contributed by atoms with Gasteiger partial charge in [0.25, 0.3) is 0 Å². The lowest BCUT2D eigenvalue weighted by Crippen LogP contribution is -2.56. The van der Waals surface area contributed by atoms with Crippen molar-refractivity contribution in [3.8, 4) is 11.5 Å². The average Bonchev–Trinajstić information content (AvgIpc) is 3.02. The number of benzene rings is 1. The standard InChI is InChI=1S/C21H26FN3O3/c1-14-18(23-19(28-14)16-5-3-4-6-17(16)22)13-25-9-7-21(8-10-25)11-15(26)12-24(2)20(21)27/h3-6,15,26H,7-13H2,1-2H3. The van der Waals surface area contributed by atoms with E-state index in [-0.39, 0.29) is 11.7 Å². The van der Waals surface area contributed by atoms with Crippen LogP contribution in [0.25, 0.3) is 11.5 Å². The van der Waals surface area contributed by atoms with Gasteiger partial charge in [-0.1, -0.05) is 12.1 Å². The van der Waals surface area contributed by atoms with Crippen LogP contribution in [0.4, 0.5) is 4.39 Å². The van der Waals surface area contributed by atoms with Crippen LogP contribution in [0.15, 0.2) is 28.7 Å². The van der Waals surface area contributed by atoms with Gasteiger partial charge in [0.1, 0.15) is 11.6 Å². The minimum absolute atomic E-state index is 0.150. The molecule has 3 heterocycles. The number of aliphatic hydroxyl groups is 1. The minimum Gasteiger partial charge on any atom is -0.441 e. The first kappa shape index (κ1) is 19.1. The first-order valence-electron chi connectivity index (χ1n) is 9.75. The third kappa shape index (κ3) is 3.44. The van der Waals surface area contributed by atoms with E-state index in [4.69, 9.17) is 4.42 Å². The van der Waals surface area contributed by atoms with Gasteiger partial charge in [0.05, 0.1) is 22.8 Å². The highest BCUT2D eigenvalue weighted by molar-refractivity contribution is 5.83. The zero-order valence-electron chi connectivity index (χ0n) is 16.3. The molecule has 1 amide bonds. The number of carbonyl (C=O) groups is 1. The van der Waals surface area contributed by atoms with Crippen molar-refractivity contribution in [2.75, 3.05) is 26.7 Å². The van der Waals surface area contributed by atoms with Gasteiger partial charge in [0.2, 0.25) is 11.8 Å². The summed E-state index contributed by atoms with van der Waals surface area (Å²) in [5.74, 6) is 0.777. The van der Waals surface area contributed by atoms with Gasteiger partial charge in [0.15, 0.2) is 0 Å². The maximum absolute atomic E-state index is 14.0. The number of likely N-dealkylation sites (N-methyl/N-ethyl adjacent to an activating group) is 1. The highest BCUT2D eigenvalue weighted by Gasteiger charge is 2.47. The monoisotopic (exact) mass is 387 g/mol. The van der Waals surface area contributed by atoms with Crippen LogP contribution < -0.4 is 0 Å². The quantitative estimate of drug-likeness (QED) is 0.877. The summed E-state index contributed by atoms with van der Waals surface area (Å²) in [6.07, 6.45) is 1.55. The summed E-state index contributed by atoms with van der Waals surface area (Å²) in [5.41, 5.74) is 0.709. The van der Waals surface area contributed by atoms with Crippen molar-refractivity contribution in [1.29, 1.82) is 0 Å². The number of carbonyl (C=O) groups excluding carboxylic acids is 1. The Morgan fingerprint density at radius 3 is 2.75 bits per heavy atom. The Labute approximate surface area is 164 Å². The number of aliphatic hydroxyl groups excluding tert-OH is 1. The summed E-state index contributed by atoms with van der Waals surface area (Å²) in [6.45, 7) is 4.38. The van der Waals surface area contributed by atoms with E-state index < -0.39 is 11.5 Å². The van der Waals surface area contributed by atoms with Crippen molar-refractivity contribution in [2.24, 2.45) is 5.41 Å². The molecule has 2 saturated heterocycles. The molecular formula is C21H26FN3O3. The van der Waals surface area contributed by atoms with E-state index in [0.29, 0.717) is 36.7 Å². The van der Waals surface area contributed by atoms with Crippen LogP contribution in [0.5, 0.6) is 0 Å². The SMILES string of the molecule is Cc1oc(-c2ccccc2F)nc1CN1CCC2(CC1)CC(O)CN(C)C2=O. The lowest BCUT2D eigenvalue weighted by molar-refractivity contribution is -0.154. The second-order valence-corrected chi connectivity index (χ2v) is 8.10. The summed E-state index contributed by atoms with van der Waals surface area (Å²) < 4.78 is 19.7. The third-order valence-corrected chi connectivity index (χ3v) is 6.09. The fourth-order valence-corrected chi connectivity index (χ4v) is 4.50. The molecule has 6 nitrogen and oxygen atoms in total. The summed E-state index contributed by atoms with van der Waals surface area (Å²) in [4.78, 5) is 21.1. The number of amides is 1. The van der Waals surface area contributed by atoms with E-state index in [1.54, 1.807) is 30.1 Å². The predicted octanol–water partition coefficient (Wildman–Crippen LogP) is 2.59. The molecule has 0 radical (unpaired) electrons. The molecule has 2 aliphatic heterocycles. The maximum atomic E-state index is 14.0. The van der Waals surface area contributed by atoms with E-state index in [1.165, 1.54) is 6.07 Å². The Kier molecular flexibility index (Phi) is 4.97. The van der Waals surface area contributed by atoms with Crippen LogP contribution in [0.1, 0.15) is 30.7 Å². The zero-order valence-corrected chi connectivity index (χ0v) is 16.3. The molecule has 4 rings (SSSR count). The number of rotatable bonds is 3. The number of aromatic nitrogens is 1. The fraction of sp³-hybridized carbons (Fsp3) is 0.524. The smallest absolute Gasteiger partial charge is 0.229 e. The molecule has 28 heavy (non-hydrogen) atoms. The minimum atomic E-state index is -0.449. The molecule has 1 atom stereocenters. The Morgan fingerprint density at radius 1 is 1.32 bits per heavy atom. The van der Waals surface area contributed by atoms with Crippen molar-refractivity contribution in [3.63, 3.8) is 0 Å². The summed E-state index contributed by atoms with van der Waals surface area (Å²) in [6, 6.07) is 6.45. The van der Waals surface area contributed by atoms with Crippen LogP contribution in [0, 0.1) is 18.2 Å². The predicted molar refractivity (Wildman–Crippen MR) is 102 cm³/mol. The third-order valence-electron chi connectivity index (χ3n) is 6.09. The lowest BCUT2D eigenvalue weighted by atomic mass is 9.71. The molecule has 0 bridgehead atoms. The zero-order chi connectivity index (χ0) is 19.9. The number of piperidine rings is 2. The molecule has 1 N–H and O–H groups in total. The van der Waals surface area contributed by atoms with Gasteiger partial charge < -0.3 is 14.4 Å². The maximum Gasteiger partial charge on any atom is 0.229 e. The van der Waals surface area contributed by atoms with Crippen LogP contribution in [-0.2, 0) is 11.3 Å². The van der Waals surface area contributed by atoms with Crippen LogP contribution in [0.3, 0.4) is 0 Å². The summed E-state index contributed by atoms with van der Waals surface area (Å²) in [5, 5.41) is 10.1. The highest BCUT2D eigenvalue weighted by Crippen LogP contribution is 2.41. The molecule has 1 aromatic carbocycles. The van der Waals surface area contributed by atoms with Gasteiger partial charge in [-0.25, -0.2) is 9.37 Å². The first-order chi connectivity index (χ1) is 13.4. The first-order valence-corrected chi connectivity index (χ1v) is 9.75. The van der Waals surface area contributed by atoms with E-state index in [1.807, 2.05) is 6.92 Å². The van der Waals surface area contributed by atoms with Crippen molar-refractivity contribution < 1.29 is 18.7 Å². The van der Waals surface area contributed by atoms with Crippen molar-refractivity contribution in [2.45, 2.75) is 38.8 Å². The number of aryl methyl sites for hydroxylation is 1. The Bertz CT molecular complexity index is 874. The van der Waals surface area contributed by atoms with Gasteiger partial charge in [-0.3, -0.25) is 9.69 Å². The fourth-order valence-electron chi connectivity index (χ4n) is 4.50. The van der Waals surface area contributed by atoms with Gasteiger partial charge in [-0.15, -0.1) is 0 Å². The summed E-state index contributed by atoms with van der Waals surface area (Å²) in [7, 11) is 1.77. The number of β-amino-alcohol motifs (C(OH)–C–C–N with tert-alkyl or cyclic N) is 1. The van der Waals surface area contributed by atoms with E-state index in [0.717, 1.165) is 31.6 Å². The van der Waals surface area contributed by atoms with Crippen molar-refractivity contribution in [1.82, 2.24) is 14.8 Å². The molecule has 7 heteroatoms. The van der Waals surface area contributed by atoms with Gasteiger partial charge >= 0.3 is 0 Å². The molecule has 1 aromatic heterocycles. The topological polar surface area (TPSA) is 69.8 Å². The van der Waals surface area contributed by atoms with Gasteiger partial charge in [-0.2, -0.15) is 0 Å². The summed E-state index contributed by atoms with van der Waals surface area (Å²) >= 11 is 0. The van der Waals surface area contributed by atoms with Crippen molar-refractivity contribution >= 4 is 5.91 Å². The number of halogens is 1. The molecule has 2 aromatic rings. The van der Waals surface area contributed by atoms with Crippen molar-refractivity contribution in [3.05, 3.63) is 41.5 Å². The number of oxazole rings is 1. The second-order valence-electron chi connectivity index (χ2n) is 8.10. The Morgan fingerprint density at radius 2 is 2.04 bits per heavy atom. The number of likely N-dealkylation sites (tertiary alicyclic amines) is 2. The average molecular weight is 387 g/mol. The molecule has 0 aliphatic carbocycles. The van der Waals surface area contributed by atoms with Gasteiger partial charge in [0, 0.05) is 20.1 Å². The molecule has 2 fully saturated rings. The Balaban J connectivity index is 1.44. The molecule has 1 spiro atoms. The number of nitrogens with zero attached hydrogens (tertiary/aromatic N) is 3. The van der Waals surface area contributed by atoms with E-state index in [2.05, 4.69) is 9.88 Å². The number of hydrogen-bond acceptors (Lipinski definition) is 5. The molecule has 2 aliphatic rings. The van der Waals surface area contributed by atoms with E-state index >= 15 is 0 Å². The van der Waals surface area contributed by atoms with Crippen LogP contribution in [-0.4, -0.2) is 58.6 Å². The normalized spacial score (nSPS) is 22.8. The molecular weight excluding hydrogens is 361 g/mol.